The van der Waals surface area contributed by atoms with E-state index in [1.165, 1.54) is 7.11 Å². The number of rotatable bonds is 6. The monoisotopic (exact) mass is 312 g/mol. The predicted octanol–water partition coefficient (Wildman–Crippen LogP) is 2.23. The van der Waals surface area contributed by atoms with Crippen LogP contribution in [-0.4, -0.2) is 30.0 Å². The van der Waals surface area contributed by atoms with E-state index in [1.54, 1.807) is 24.5 Å². The van der Waals surface area contributed by atoms with Crippen LogP contribution in [0.2, 0.25) is 0 Å². The van der Waals surface area contributed by atoms with Crippen LogP contribution in [0.25, 0.3) is 0 Å². The van der Waals surface area contributed by atoms with Gasteiger partial charge in [0.2, 0.25) is 0 Å². The number of aromatic nitrogens is 1. The Morgan fingerprint density at radius 2 is 1.78 bits per heavy atom. The predicted molar refractivity (Wildman–Crippen MR) is 86.8 cm³/mol. The first kappa shape index (κ1) is 16.7. The summed E-state index contributed by atoms with van der Waals surface area (Å²) < 4.78 is 4.89. The Balaban J connectivity index is 2.09. The topological polar surface area (TPSA) is 68.3 Å². The fourth-order valence-electron chi connectivity index (χ4n) is 2.38. The van der Waals surface area contributed by atoms with Crippen molar-refractivity contribution in [2.45, 2.75) is 19.4 Å². The summed E-state index contributed by atoms with van der Waals surface area (Å²) in [6.07, 6.45) is 3.62. The Morgan fingerprint density at radius 1 is 1.13 bits per heavy atom. The van der Waals surface area contributed by atoms with Gasteiger partial charge in [0.05, 0.1) is 13.0 Å². The molecule has 5 heteroatoms. The molecule has 0 aliphatic carbocycles. The highest BCUT2D eigenvalue weighted by Crippen LogP contribution is 2.15. The molecule has 0 saturated heterocycles. The van der Waals surface area contributed by atoms with E-state index in [0.717, 1.165) is 5.56 Å². The second-order valence-corrected chi connectivity index (χ2v) is 5.32. The summed E-state index contributed by atoms with van der Waals surface area (Å²) in [5, 5.41) is 2.86. The van der Waals surface area contributed by atoms with Crippen molar-refractivity contribution in [3.8, 4) is 0 Å². The number of hydrogen-bond donors (Lipinski definition) is 1. The normalized spacial score (nSPS) is 13.0. The third kappa shape index (κ3) is 4.64. The average molecular weight is 312 g/mol. The number of ether oxygens (including phenoxy) is 1. The minimum atomic E-state index is -0.451. The fourth-order valence-corrected chi connectivity index (χ4v) is 2.38. The minimum absolute atomic E-state index is 0.234. The summed E-state index contributed by atoms with van der Waals surface area (Å²) in [7, 11) is 1.36. The van der Waals surface area contributed by atoms with E-state index in [9.17, 15) is 9.59 Å². The van der Waals surface area contributed by atoms with Crippen LogP contribution < -0.4 is 5.32 Å². The third-order valence-corrected chi connectivity index (χ3v) is 3.71. The number of carbonyl (C=O) groups excluding carboxylic acids is 2. The second-order valence-electron chi connectivity index (χ2n) is 5.32. The van der Waals surface area contributed by atoms with Crippen LogP contribution in [-0.2, 0) is 16.0 Å². The lowest BCUT2D eigenvalue weighted by molar-refractivity contribution is -0.146. The lowest BCUT2D eigenvalue weighted by Crippen LogP contribution is -2.42. The SMILES string of the molecule is COC(=O)C(Cc1ccccc1)C(C)NC(=O)c1ccncc1. The molecule has 5 nitrogen and oxygen atoms in total. The number of amides is 1. The minimum Gasteiger partial charge on any atom is -0.469 e. The quantitative estimate of drug-likeness (QED) is 0.831. The van der Waals surface area contributed by atoms with Crippen LogP contribution in [0.1, 0.15) is 22.8 Å². The molecule has 0 saturated carbocycles. The number of nitrogens with zero attached hydrogens (tertiary/aromatic N) is 1. The van der Waals surface area contributed by atoms with E-state index in [1.807, 2.05) is 37.3 Å². The molecule has 0 bridgehead atoms. The summed E-state index contributed by atoms with van der Waals surface area (Å²) >= 11 is 0. The third-order valence-electron chi connectivity index (χ3n) is 3.71. The molecule has 1 aromatic carbocycles. The van der Waals surface area contributed by atoms with Gasteiger partial charge in [-0.2, -0.15) is 0 Å². The van der Waals surface area contributed by atoms with Crippen molar-refractivity contribution in [2.24, 2.45) is 5.92 Å². The molecular weight excluding hydrogens is 292 g/mol. The van der Waals surface area contributed by atoms with Crippen molar-refractivity contribution >= 4 is 11.9 Å². The number of esters is 1. The molecule has 120 valence electrons. The maximum Gasteiger partial charge on any atom is 0.311 e. The summed E-state index contributed by atoms with van der Waals surface area (Å²) in [6.45, 7) is 1.81. The highest BCUT2D eigenvalue weighted by Gasteiger charge is 2.27. The van der Waals surface area contributed by atoms with Crippen molar-refractivity contribution in [3.63, 3.8) is 0 Å². The molecule has 1 aromatic heterocycles. The molecule has 1 heterocycles. The Morgan fingerprint density at radius 3 is 2.39 bits per heavy atom. The molecule has 0 spiro atoms. The Kier molecular flexibility index (Phi) is 5.86. The van der Waals surface area contributed by atoms with E-state index in [-0.39, 0.29) is 17.9 Å². The van der Waals surface area contributed by atoms with Gasteiger partial charge in [-0.05, 0) is 31.0 Å². The number of hydrogen-bond acceptors (Lipinski definition) is 4. The first-order chi connectivity index (χ1) is 11.1. The molecule has 0 aliphatic heterocycles. The lowest BCUT2D eigenvalue weighted by Gasteiger charge is -2.23. The molecule has 2 unspecified atom stereocenters. The van der Waals surface area contributed by atoms with Crippen LogP contribution in [0.15, 0.2) is 54.9 Å². The zero-order chi connectivity index (χ0) is 16.7. The van der Waals surface area contributed by atoms with Gasteiger partial charge in [-0.3, -0.25) is 14.6 Å². The molecule has 0 radical (unpaired) electrons. The molecule has 2 aromatic rings. The highest BCUT2D eigenvalue weighted by atomic mass is 16.5. The van der Waals surface area contributed by atoms with Gasteiger partial charge in [0.15, 0.2) is 0 Å². The number of benzene rings is 1. The molecule has 0 fully saturated rings. The smallest absolute Gasteiger partial charge is 0.311 e. The van der Waals surface area contributed by atoms with Gasteiger partial charge < -0.3 is 10.1 Å². The van der Waals surface area contributed by atoms with Crippen molar-refractivity contribution < 1.29 is 14.3 Å². The second kappa shape index (κ2) is 8.08. The van der Waals surface area contributed by atoms with Crippen LogP contribution in [0.3, 0.4) is 0 Å². The van der Waals surface area contributed by atoms with E-state index in [0.29, 0.717) is 12.0 Å². The maximum absolute atomic E-state index is 12.2. The molecule has 23 heavy (non-hydrogen) atoms. The van der Waals surface area contributed by atoms with Gasteiger partial charge in [0, 0.05) is 24.0 Å². The average Bonchev–Trinajstić information content (AvgIpc) is 2.60. The first-order valence-corrected chi connectivity index (χ1v) is 7.44. The summed E-state index contributed by atoms with van der Waals surface area (Å²) in [6, 6.07) is 12.6. The molecule has 2 rings (SSSR count). The number of pyridine rings is 1. The standard InChI is InChI=1S/C18H20N2O3/c1-13(20-17(21)15-8-10-19-11-9-15)16(18(22)23-2)12-14-6-4-3-5-7-14/h3-11,13,16H,12H2,1-2H3,(H,20,21). The van der Waals surface area contributed by atoms with Crippen molar-refractivity contribution in [1.82, 2.24) is 10.3 Å². The summed E-state index contributed by atoms with van der Waals surface area (Å²) in [5.41, 5.74) is 1.53. The van der Waals surface area contributed by atoms with Crippen molar-refractivity contribution in [3.05, 3.63) is 66.0 Å². The molecule has 1 N–H and O–H groups in total. The van der Waals surface area contributed by atoms with Crippen LogP contribution in [0.4, 0.5) is 0 Å². The molecule has 0 aliphatic rings. The van der Waals surface area contributed by atoms with Crippen molar-refractivity contribution in [1.29, 1.82) is 0 Å². The summed E-state index contributed by atoms with van der Waals surface area (Å²) in [4.78, 5) is 28.2. The Bertz CT molecular complexity index is 644. The first-order valence-electron chi connectivity index (χ1n) is 7.44. The van der Waals surface area contributed by atoms with E-state index < -0.39 is 5.92 Å². The van der Waals surface area contributed by atoms with Crippen LogP contribution >= 0.6 is 0 Å². The van der Waals surface area contributed by atoms with Gasteiger partial charge in [-0.15, -0.1) is 0 Å². The molecular formula is C18H20N2O3. The number of nitrogens with one attached hydrogen (secondary N) is 1. The molecule has 1 amide bonds. The Hall–Kier alpha value is -2.69. The molecule has 2 atom stereocenters. The van der Waals surface area contributed by atoms with Gasteiger partial charge in [-0.25, -0.2) is 0 Å². The number of methoxy groups -OCH3 is 1. The Labute approximate surface area is 135 Å². The van der Waals surface area contributed by atoms with E-state index >= 15 is 0 Å². The van der Waals surface area contributed by atoms with Gasteiger partial charge in [0.1, 0.15) is 0 Å². The largest absolute Gasteiger partial charge is 0.469 e. The lowest BCUT2D eigenvalue weighted by atomic mass is 9.93. The van der Waals surface area contributed by atoms with E-state index in [4.69, 9.17) is 4.74 Å². The van der Waals surface area contributed by atoms with Gasteiger partial charge >= 0.3 is 5.97 Å². The fraction of sp³-hybridized carbons (Fsp3) is 0.278. The van der Waals surface area contributed by atoms with Gasteiger partial charge in [-0.1, -0.05) is 30.3 Å². The summed E-state index contributed by atoms with van der Waals surface area (Å²) in [5.74, 6) is -1.02. The highest BCUT2D eigenvalue weighted by molar-refractivity contribution is 5.94. The van der Waals surface area contributed by atoms with Crippen molar-refractivity contribution in [2.75, 3.05) is 7.11 Å². The van der Waals surface area contributed by atoms with Crippen LogP contribution in [0, 0.1) is 5.92 Å². The number of carbonyl (C=O) groups is 2. The maximum atomic E-state index is 12.2. The van der Waals surface area contributed by atoms with E-state index in [2.05, 4.69) is 10.3 Å². The zero-order valence-corrected chi connectivity index (χ0v) is 13.2. The van der Waals surface area contributed by atoms with Gasteiger partial charge in [0.25, 0.3) is 5.91 Å². The zero-order valence-electron chi connectivity index (χ0n) is 13.2. The van der Waals surface area contributed by atoms with Crippen LogP contribution in [0.5, 0.6) is 0 Å².